The fraction of sp³-hybridized carbons (Fsp3) is 0. The normalized spacial score (nSPS) is 12.6. The van der Waals surface area contributed by atoms with Crippen LogP contribution in [0.1, 0.15) is 5.56 Å². The summed E-state index contributed by atoms with van der Waals surface area (Å²) in [6, 6.07) is 18.0. The number of hydrogen-bond donors (Lipinski definition) is 0. The van der Waals surface area contributed by atoms with Gasteiger partial charge in [0.05, 0.1) is 10.7 Å². The molecule has 2 aromatic carbocycles. The third kappa shape index (κ3) is 1.65. The van der Waals surface area contributed by atoms with Crippen molar-refractivity contribution in [2.45, 2.75) is 0 Å². The summed E-state index contributed by atoms with van der Waals surface area (Å²) in [6.07, 6.45) is 1.99. The van der Waals surface area contributed by atoms with Crippen LogP contribution >= 0.6 is 0 Å². The molecule has 2 heteroatoms. The largest absolute Gasteiger partial charge is 0.227 e. The molecule has 0 fully saturated rings. The molecule has 2 aromatic rings. The van der Waals surface area contributed by atoms with Crippen LogP contribution < -0.4 is 10.7 Å². The van der Waals surface area contributed by atoms with Gasteiger partial charge in [0.1, 0.15) is 0 Å². The number of hydrogen-bond acceptors (Lipinski definition) is 2. The SMILES string of the molecule is C(=C1N=c2ccccc2=N1)c1ccccc1. The molecule has 0 aromatic heterocycles. The molecule has 0 bridgehead atoms. The Hall–Kier alpha value is -2.22. The minimum atomic E-state index is 0.771. The van der Waals surface area contributed by atoms with Gasteiger partial charge in [-0.05, 0) is 23.8 Å². The molecule has 16 heavy (non-hydrogen) atoms. The average molecular weight is 206 g/mol. The van der Waals surface area contributed by atoms with Crippen molar-refractivity contribution in [1.29, 1.82) is 0 Å². The summed E-state index contributed by atoms with van der Waals surface area (Å²) in [5.41, 5.74) is 1.12. The Morgan fingerprint density at radius 1 is 0.688 bits per heavy atom. The number of rotatable bonds is 1. The van der Waals surface area contributed by atoms with Crippen molar-refractivity contribution >= 4 is 6.08 Å². The van der Waals surface area contributed by atoms with Gasteiger partial charge in [-0.15, -0.1) is 0 Å². The second-order valence-electron chi connectivity index (χ2n) is 3.63. The fourth-order valence-electron chi connectivity index (χ4n) is 1.69. The summed E-state index contributed by atoms with van der Waals surface area (Å²) in [5, 5.41) is 1.90. The molecular formula is C14H10N2. The van der Waals surface area contributed by atoms with Gasteiger partial charge in [-0.25, -0.2) is 9.98 Å². The molecule has 1 aliphatic rings. The van der Waals surface area contributed by atoms with Crippen molar-refractivity contribution in [1.82, 2.24) is 0 Å². The average Bonchev–Trinajstić information content (AvgIpc) is 2.72. The van der Waals surface area contributed by atoms with Gasteiger partial charge in [0.25, 0.3) is 0 Å². The molecule has 0 amide bonds. The van der Waals surface area contributed by atoms with Gasteiger partial charge in [-0.3, -0.25) is 0 Å². The van der Waals surface area contributed by atoms with E-state index in [2.05, 4.69) is 9.98 Å². The van der Waals surface area contributed by atoms with Gasteiger partial charge in [0, 0.05) is 0 Å². The Labute approximate surface area is 93.3 Å². The molecule has 3 rings (SSSR count). The maximum Gasteiger partial charge on any atom is 0.153 e. The molecule has 0 aliphatic carbocycles. The first kappa shape index (κ1) is 9.04. The van der Waals surface area contributed by atoms with Crippen LogP contribution in [-0.4, -0.2) is 0 Å². The second-order valence-corrected chi connectivity index (χ2v) is 3.63. The molecule has 0 spiro atoms. The molecule has 1 aliphatic heterocycles. The van der Waals surface area contributed by atoms with E-state index < -0.39 is 0 Å². The highest BCUT2D eigenvalue weighted by Gasteiger charge is 2.00. The minimum absolute atomic E-state index is 0.771. The third-order valence-corrected chi connectivity index (χ3v) is 2.45. The Bertz CT molecular complexity index is 618. The van der Waals surface area contributed by atoms with Crippen LogP contribution in [0, 0.1) is 0 Å². The standard InChI is InChI=1S/C14H10N2/c1-2-6-11(7-3-1)10-14-15-12-8-4-5-9-13(12)16-14/h1-10H. The Morgan fingerprint density at radius 2 is 1.25 bits per heavy atom. The molecule has 76 valence electrons. The van der Waals surface area contributed by atoms with E-state index >= 15 is 0 Å². The molecule has 0 N–H and O–H groups in total. The minimum Gasteiger partial charge on any atom is -0.227 e. The summed E-state index contributed by atoms with van der Waals surface area (Å²) in [4.78, 5) is 8.88. The van der Waals surface area contributed by atoms with Crippen LogP contribution in [0.25, 0.3) is 6.08 Å². The van der Waals surface area contributed by atoms with Crippen molar-refractivity contribution in [3.05, 3.63) is 76.7 Å². The van der Waals surface area contributed by atoms with Gasteiger partial charge in [-0.2, -0.15) is 0 Å². The summed E-state index contributed by atoms with van der Waals surface area (Å²) in [7, 11) is 0. The number of benzene rings is 2. The topological polar surface area (TPSA) is 24.7 Å². The van der Waals surface area contributed by atoms with E-state index in [4.69, 9.17) is 0 Å². The Kier molecular flexibility index (Phi) is 2.11. The number of fused-ring (bicyclic) bond motifs is 1. The van der Waals surface area contributed by atoms with Crippen molar-refractivity contribution < 1.29 is 0 Å². The smallest absolute Gasteiger partial charge is 0.153 e. The highest BCUT2D eigenvalue weighted by atomic mass is 15.0. The zero-order chi connectivity index (χ0) is 10.8. The second kappa shape index (κ2) is 3.74. The van der Waals surface area contributed by atoms with E-state index in [9.17, 15) is 0 Å². The fourth-order valence-corrected chi connectivity index (χ4v) is 1.69. The molecular weight excluding hydrogens is 196 g/mol. The first-order chi connectivity index (χ1) is 7.92. The maximum atomic E-state index is 4.44. The van der Waals surface area contributed by atoms with E-state index in [1.54, 1.807) is 0 Å². The van der Waals surface area contributed by atoms with Crippen molar-refractivity contribution in [3.8, 4) is 0 Å². The zero-order valence-electron chi connectivity index (χ0n) is 8.67. The van der Waals surface area contributed by atoms with Crippen LogP contribution in [0.15, 0.2) is 70.4 Å². The lowest BCUT2D eigenvalue weighted by atomic mass is 10.2. The monoisotopic (exact) mass is 206 g/mol. The Morgan fingerprint density at radius 3 is 1.88 bits per heavy atom. The quantitative estimate of drug-likeness (QED) is 0.681. The molecule has 2 nitrogen and oxygen atoms in total. The van der Waals surface area contributed by atoms with Gasteiger partial charge in [-0.1, -0.05) is 42.5 Å². The maximum absolute atomic E-state index is 4.44. The lowest BCUT2D eigenvalue weighted by molar-refractivity contribution is 1.24. The van der Waals surface area contributed by atoms with E-state index in [1.165, 1.54) is 0 Å². The molecule has 1 heterocycles. The highest BCUT2D eigenvalue weighted by molar-refractivity contribution is 5.52. The molecule has 0 radical (unpaired) electrons. The van der Waals surface area contributed by atoms with Crippen LogP contribution in [0.3, 0.4) is 0 Å². The summed E-state index contributed by atoms with van der Waals surface area (Å²) in [6.45, 7) is 0. The summed E-state index contributed by atoms with van der Waals surface area (Å²) in [5.74, 6) is 0.771. The number of nitrogens with zero attached hydrogens (tertiary/aromatic N) is 2. The van der Waals surface area contributed by atoms with E-state index in [0.29, 0.717) is 0 Å². The van der Waals surface area contributed by atoms with E-state index in [-0.39, 0.29) is 0 Å². The van der Waals surface area contributed by atoms with Crippen LogP contribution in [0.4, 0.5) is 0 Å². The molecule has 0 unspecified atom stereocenters. The lowest BCUT2D eigenvalue weighted by Gasteiger charge is -1.91. The lowest BCUT2D eigenvalue weighted by Crippen LogP contribution is -2.19. The Balaban J connectivity index is 2.08. The van der Waals surface area contributed by atoms with Gasteiger partial charge < -0.3 is 0 Å². The van der Waals surface area contributed by atoms with E-state index in [1.807, 2.05) is 60.7 Å². The highest BCUT2D eigenvalue weighted by Crippen LogP contribution is 2.08. The predicted molar refractivity (Wildman–Crippen MR) is 63.2 cm³/mol. The summed E-state index contributed by atoms with van der Waals surface area (Å²) < 4.78 is 0. The van der Waals surface area contributed by atoms with E-state index in [0.717, 1.165) is 22.1 Å². The molecule has 0 atom stereocenters. The van der Waals surface area contributed by atoms with Crippen molar-refractivity contribution in [3.63, 3.8) is 0 Å². The summed E-state index contributed by atoms with van der Waals surface area (Å²) >= 11 is 0. The first-order valence-electron chi connectivity index (χ1n) is 5.21. The van der Waals surface area contributed by atoms with Gasteiger partial charge in [0.2, 0.25) is 0 Å². The number of para-hydroxylation sites is 2. The molecule has 0 saturated carbocycles. The van der Waals surface area contributed by atoms with Crippen molar-refractivity contribution in [2.24, 2.45) is 9.98 Å². The zero-order valence-corrected chi connectivity index (χ0v) is 8.67. The van der Waals surface area contributed by atoms with Crippen LogP contribution in [-0.2, 0) is 0 Å². The third-order valence-electron chi connectivity index (χ3n) is 2.45. The van der Waals surface area contributed by atoms with Crippen LogP contribution in [0.2, 0.25) is 0 Å². The first-order valence-corrected chi connectivity index (χ1v) is 5.21. The van der Waals surface area contributed by atoms with Gasteiger partial charge in [0.15, 0.2) is 5.82 Å². The predicted octanol–water partition coefficient (Wildman–Crippen LogP) is 1.94. The van der Waals surface area contributed by atoms with Crippen LogP contribution in [0.5, 0.6) is 0 Å². The van der Waals surface area contributed by atoms with Gasteiger partial charge >= 0.3 is 0 Å². The molecule has 0 saturated heterocycles. The van der Waals surface area contributed by atoms with Crippen molar-refractivity contribution in [2.75, 3.05) is 0 Å².